The number of carbonyl (C=O) groups excluding carboxylic acids is 1. The lowest BCUT2D eigenvalue weighted by Crippen LogP contribution is -2.30. The molecule has 1 saturated heterocycles. The average Bonchev–Trinajstić information content (AvgIpc) is 3.38. The number of rotatable bonds is 5. The van der Waals surface area contributed by atoms with E-state index in [1.807, 2.05) is 48.3 Å². The van der Waals surface area contributed by atoms with E-state index in [1.54, 1.807) is 12.1 Å². The van der Waals surface area contributed by atoms with Gasteiger partial charge in [-0.3, -0.25) is 4.79 Å². The second-order valence-electron chi connectivity index (χ2n) is 6.94. The average molecular weight is 397 g/mol. The Kier molecular flexibility index (Phi) is 5.41. The van der Waals surface area contributed by atoms with E-state index in [0.29, 0.717) is 33.8 Å². The van der Waals surface area contributed by atoms with Crippen molar-refractivity contribution >= 4 is 17.5 Å². The van der Waals surface area contributed by atoms with E-state index in [9.17, 15) is 4.79 Å². The molecule has 4 rings (SSSR count). The molecule has 1 amide bonds. The summed E-state index contributed by atoms with van der Waals surface area (Å²) in [6, 6.07) is 14.6. The largest absolute Gasteiger partial charge is 0.338 e. The van der Waals surface area contributed by atoms with E-state index < -0.39 is 0 Å². The Hall–Kier alpha value is -2.70. The molecule has 2 aromatic carbocycles. The molecular weight excluding hydrogens is 376 g/mol. The number of nitrogens with one attached hydrogen (secondary N) is 1. The smallest absolute Gasteiger partial charge is 0.259 e. The van der Waals surface area contributed by atoms with Gasteiger partial charge in [-0.05, 0) is 50.2 Å². The summed E-state index contributed by atoms with van der Waals surface area (Å²) in [5.74, 6) is 1.25. The van der Waals surface area contributed by atoms with Crippen molar-refractivity contribution < 1.29 is 9.32 Å². The molecule has 144 valence electrons. The number of aromatic nitrogens is 2. The van der Waals surface area contributed by atoms with Gasteiger partial charge in [0, 0.05) is 23.7 Å². The lowest BCUT2D eigenvalue weighted by Gasteiger charge is -2.17. The van der Waals surface area contributed by atoms with Gasteiger partial charge in [-0.25, -0.2) is 0 Å². The molecule has 1 unspecified atom stereocenters. The number of hydrogen-bond acceptors (Lipinski definition) is 5. The van der Waals surface area contributed by atoms with Crippen LogP contribution < -0.4 is 5.32 Å². The third-order valence-electron chi connectivity index (χ3n) is 4.96. The van der Waals surface area contributed by atoms with Crippen LogP contribution >= 0.6 is 11.6 Å². The van der Waals surface area contributed by atoms with Crippen LogP contribution in [0.25, 0.3) is 22.8 Å². The number of amides is 1. The Balaban J connectivity index is 1.61. The third-order valence-corrected chi connectivity index (χ3v) is 5.20. The summed E-state index contributed by atoms with van der Waals surface area (Å²) in [6.45, 7) is 2.43. The molecule has 1 atom stereocenters. The lowest BCUT2D eigenvalue weighted by molar-refractivity contribution is 0.0787. The van der Waals surface area contributed by atoms with Gasteiger partial charge in [-0.15, -0.1) is 0 Å². The van der Waals surface area contributed by atoms with Crippen molar-refractivity contribution in [1.82, 2.24) is 20.4 Å². The summed E-state index contributed by atoms with van der Waals surface area (Å²) >= 11 is 6.05. The van der Waals surface area contributed by atoms with E-state index in [0.717, 1.165) is 31.6 Å². The fraction of sp³-hybridized carbons (Fsp3) is 0.286. The third kappa shape index (κ3) is 3.79. The standard InChI is InChI=1S/C21H21ClN4O2/c1-23-12-14-9-10-26(13-14)21(27)18-8-3-2-7-17(18)20-24-19(25-28-20)15-5-4-6-16(22)11-15/h2-8,11,14,23H,9-10,12-13H2,1H3. The summed E-state index contributed by atoms with van der Waals surface area (Å²) in [5, 5.41) is 7.85. The molecule has 1 aliphatic rings. The highest BCUT2D eigenvalue weighted by molar-refractivity contribution is 6.30. The molecule has 3 aromatic rings. The quantitative estimate of drug-likeness (QED) is 0.711. The Labute approximate surface area is 168 Å². The van der Waals surface area contributed by atoms with Gasteiger partial charge < -0.3 is 14.7 Å². The van der Waals surface area contributed by atoms with E-state index in [2.05, 4.69) is 15.5 Å². The van der Waals surface area contributed by atoms with Gasteiger partial charge in [0.1, 0.15) is 0 Å². The molecule has 1 fully saturated rings. The Morgan fingerprint density at radius 2 is 2.14 bits per heavy atom. The monoisotopic (exact) mass is 396 g/mol. The maximum atomic E-state index is 13.1. The number of carbonyl (C=O) groups is 1. The molecule has 28 heavy (non-hydrogen) atoms. The van der Waals surface area contributed by atoms with E-state index in [4.69, 9.17) is 16.1 Å². The van der Waals surface area contributed by atoms with Crippen molar-refractivity contribution in [3.63, 3.8) is 0 Å². The van der Waals surface area contributed by atoms with E-state index in [1.165, 1.54) is 0 Å². The molecule has 0 bridgehead atoms. The van der Waals surface area contributed by atoms with Crippen molar-refractivity contribution in [3.05, 3.63) is 59.1 Å². The minimum atomic E-state index is -0.00305. The number of benzene rings is 2. The topological polar surface area (TPSA) is 71.3 Å². The first-order valence-electron chi connectivity index (χ1n) is 9.28. The van der Waals surface area contributed by atoms with Crippen LogP contribution in [-0.4, -0.2) is 47.6 Å². The van der Waals surface area contributed by atoms with Crippen molar-refractivity contribution in [2.45, 2.75) is 6.42 Å². The van der Waals surface area contributed by atoms with Gasteiger partial charge in [0.25, 0.3) is 11.8 Å². The van der Waals surface area contributed by atoms with Crippen LogP contribution in [0, 0.1) is 5.92 Å². The number of nitrogens with zero attached hydrogens (tertiary/aromatic N) is 3. The molecule has 2 heterocycles. The number of halogens is 1. The van der Waals surface area contributed by atoms with Gasteiger partial charge in [0.15, 0.2) is 0 Å². The minimum absolute atomic E-state index is 0.00305. The Morgan fingerprint density at radius 1 is 1.29 bits per heavy atom. The first-order valence-corrected chi connectivity index (χ1v) is 9.66. The van der Waals surface area contributed by atoms with Crippen LogP contribution in [0.4, 0.5) is 0 Å². The summed E-state index contributed by atoms with van der Waals surface area (Å²) in [4.78, 5) is 19.5. The van der Waals surface area contributed by atoms with E-state index >= 15 is 0 Å². The Morgan fingerprint density at radius 3 is 2.96 bits per heavy atom. The minimum Gasteiger partial charge on any atom is -0.338 e. The van der Waals surface area contributed by atoms with Crippen molar-refractivity contribution in [2.75, 3.05) is 26.7 Å². The Bertz CT molecular complexity index is 988. The first-order chi connectivity index (χ1) is 13.7. The zero-order valence-electron chi connectivity index (χ0n) is 15.6. The van der Waals surface area contributed by atoms with Crippen molar-refractivity contribution in [3.8, 4) is 22.8 Å². The molecule has 1 aliphatic heterocycles. The maximum Gasteiger partial charge on any atom is 0.259 e. The lowest BCUT2D eigenvalue weighted by atomic mass is 10.1. The predicted molar refractivity (Wildman–Crippen MR) is 108 cm³/mol. The zero-order valence-corrected chi connectivity index (χ0v) is 16.3. The normalized spacial score (nSPS) is 16.5. The van der Waals surface area contributed by atoms with Gasteiger partial charge in [0.2, 0.25) is 5.82 Å². The summed E-state index contributed by atoms with van der Waals surface area (Å²) in [7, 11) is 1.94. The number of likely N-dealkylation sites (tertiary alicyclic amines) is 1. The molecule has 7 heteroatoms. The van der Waals surface area contributed by atoms with Crippen LogP contribution in [0.1, 0.15) is 16.8 Å². The van der Waals surface area contributed by atoms with Crippen molar-refractivity contribution in [1.29, 1.82) is 0 Å². The molecule has 0 radical (unpaired) electrons. The van der Waals surface area contributed by atoms with Crippen LogP contribution in [-0.2, 0) is 0 Å². The van der Waals surface area contributed by atoms with Gasteiger partial charge in [-0.1, -0.05) is 41.0 Å². The SMILES string of the molecule is CNCC1CCN(C(=O)c2ccccc2-c2nc(-c3cccc(Cl)c3)no2)C1. The van der Waals surface area contributed by atoms with Gasteiger partial charge >= 0.3 is 0 Å². The van der Waals surface area contributed by atoms with Gasteiger partial charge in [-0.2, -0.15) is 4.98 Å². The predicted octanol–water partition coefficient (Wildman–Crippen LogP) is 3.74. The highest BCUT2D eigenvalue weighted by Crippen LogP contribution is 2.28. The van der Waals surface area contributed by atoms with Gasteiger partial charge in [0.05, 0.1) is 11.1 Å². The highest BCUT2D eigenvalue weighted by Gasteiger charge is 2.28. The fourth-order valence-corrected chi connectivity index (χ4v) is 3.77. The molecule has 0 saturated carbocycles. The van der Waals surface area contributed by atoms with Crippen LogP contribution in [0.15, 0.2) is 53.1 Å². The zero-order chi connectivity index (χ0) is 19.5. The number of hydrogen-bond donors (Lipinski definition) is 1. The fourth-order valence-electron chi connectivity index (χ4n) is 3.58. The molecule has 1 aromatic heterocycles. The van der Waals surface area contributed by atoms with E-state index in [-0.39, 0.29) is 5.91 Å². The highest BCUT2D eigenvalue weighted by atomic mass is 35.5. The first kappa shape index (κ1) is 18.7. The van der Waals surface area contributed by atoms with Crippen molar-refractivity contribution in [2.24, 2.45) is 5.92 Å². The van der Waals surface area contributed by atoms with Crippen LogP contribution in [0.5, 0.6) is 0 Å². The molecule has 6 nitrogen and oxygen atoms in total. The summed E-state index contributed by atoms with van der Waals surface area (Å²) in [5.41, 5.74) is 1.99. The molecule has 0 aliphatic carbocycles. The summed E-state index contributed by atoms with van der Waals surface area (Å²) < 4.78 is 5.47. The molecular formula is C21H21ClN4O2. The molecule has 0 spiro atoms. The molecule has 1 N–H and O–H groups in total. The second-order valence-corrected chi connectivity index (χ2v) is 7.38. The van der Waals surface area contributed by atoms with Crippen LogP contribution in [0.3, 0.4) is 0 Å². The maximum absolute atomic E-state index is 13.1. The summed E-state index contributed by atoms with van der Waals surface area (Å²) in [6.07, 6.45) is 1.01. The van der Waals surface area contributed by atoms with Crippen LogP contribution in [0.2, 0.25) is 5.02 Å². The second kappa shape index (κ2) is 8.12.